The molecule has 1 atom stereocenters. The Morgan fingerprint density at radius 2 is 1.83 bits per heavy atom. The molecule has 1 aromatic rings. The molecule has 0 heterocycles. The normalized spacial score (nSPS) is 11.2. The summed E-state index contributed by atoms with van der Waals surface area (Å²) < 4.78 is 12.8. The molecule has 0 aliphatic rings. The molecule has 0 fully saturated rings. The lowest BCUT2D eigenvalue weighted by atomic mass is 10.1. The number of rotatable bonds is 11. The first kappa shape index (κ1) is 19.8. The standard InChI is InChI=1S/C19H24FN3S/c1-5-17(12-15(4)24)22-13(2)6-7-14(3)23-18-10-8-16(9-11-18)19(20)21/h5,8-11,17,21-23H,1-3,6-7,12H2,4H3. The Morgan fingerprint density at radius 1 is 1.25 bits per heavy atom. The highest BCUT2D eigenvalue weighted by atomic mass is 32.1. The number of allylic oxidation sites excluding steroid dienone is 2. The maximum atomic E-state index is 12.8. The van der Waals surface area contributed by atoms with E-state index in [9.17, 15) is 4.39 Å². The zero-order valence-corrected chi connectivity index (χ0v) is 14.8. The SMILES string of the molecule is C=CC(CC(C)=S)NC(=C)CCC(=C)Nc1ccc(C(=N)F)cc1. The quantitative estimate of drug-likeness (QED) is 0.296. The monoisotopic (exact) mass is 345 g/mol. The number of hydrogen-bond donors (Lipinski definition) is 3. The summed E-state index contributed by atoms with van der Waals surface area (Å²) in [6.07, 6.45) is 4.04. The molecule has 128 valence electrons. The Balaban J connectivity index is 2.42. The van der Waals surface area contributed by atoms with Crippen LogP contribution in [0.4, 0.5) is 10.1 Å². The van der Waals surface area contributed by atoms with Crippen LogP contribution in [-0.4, -0.2) is 16.9 Å². The third-order valence-corrected chi connectivity index (χ3v) is 3.54. The number of hydrogen-bond acceptors (Lipinski definition) is 4. The second-order valence-electron chi connectivity index (χ2n) is 5.62. The third-order valence-electron chi connectivity index (χ3n) is 3.37. The topological polar surface area (TPSA) is 47.9 Å². The van der Waals surface area contributed by atoms with Gasteiger partial charge in [-0.3, -0.25) is 5.41 Å². The van der Waals surface area contributed by atoms with Crippen LogP contribution in [0.25, 0.3) is 0 Å². The summed E-state index contributed by atoms with van der Waals surface area (Å²) in [7, 11) is 0. The number of thiocarbonyl (C=S) groups is 1. The summed E-state index contributed by atoms with van der Waals surface area (Å²) in [6, 6.07) is 6.65. The molecule has 0 saturated heterocycles. The summed E-state index contributed by atoms with van der Waals surface area (Å²) in [4.78, 5) is 0.927. The van der Waals surface area contributed by atoms with Crippen molar-refractivity contribution >= 4 is 28.7 Å². The Hall–Kier alpha value is -2.27. The Kier molecular flexibility index (Phi) is 8.06. The maximum Gasteiger partial charge on any atom is 0.212 e. The van der Waals surface area contributed by atoms with E-state index in [0.717, 1.165) is 34.8 Å². The second kappa shape index (κ2) is 9.78. The van der Waals surface area contributed by atoms with E-state index < -0.39 is 5.97 Å². The predicted octanol–water partition coefficient (Wildman–Crippen LogP) is 5.13. The molecule has 5 heteroatoms. The molecule has 0 radical (unpaired) electrons. The van der Waals surface area contributed by atoms with Crippen LogP contribution >= 0.6 is 12.2 Å². The van der Waals surface area contributed by atoms with Gasteiger partial charge >= 0.3 is 0 Å². The van der Waals surface area contributed by atoms with Crippen molar-refractivity contribution in [2.75, 3.05) is 5.32 Å². The summed E-state index contributed by atoms with van der Waals surface area (Å²) >= 11 is 5.12. The molecular formula is C19H24FN3S. The Labute approximate surface area is 148 Å². The Bertz CT molecular complexity index is 635. The van der Waals surface area contributed by atoms with Crippen molar-refractivity contribution in [2.24, 2.45) is 0 Å². The van der Waals surface area contributed by atoms with E-state index >= 15 is 0 Å². The maximum absolute atomic E-state index is 12.8. The van der Waals surface area contributed by atoms with Gasteiger partial charge < -0.3 is 10.6 Å². The van der Waals surface area contributed by atoms with Crippen LogP contribution in [-0.2, 0) is 0 Å². The van der Waals surface area contributed by atoms with Crippen molar-refractivity contribution in [3.8, 4) is 0 Å². The van der Waals surface area contributed by atoms with Gasteiger partial charge in [-0.2, -0.15) is 4.39 Å². The summed E-state index contributed by atoms with van der Waals surface area (Å²) in [5.74, 6) is -0.939. The van der Waals surface area contributed by atoms with Gasteiger partial charge in [0, 0.05) is 35.1 Å². The highest BCUT2D eigenvalue weighted by Crippen LogP contribution is 2.15. The number of halogens is 1. The molecule has 0 aromatic heterocycles. The average molecular weight is 345 g/mol. The fourth-order valence-electron chi connectivity index (χ4n) is 2.11. The van der Waals surface area contributed by atoms with Gasteiger partial charge in [-0.25, -0.2) is 0 Å². The van der Waals surface area contributed by atoms with Crippen LogP contribution < -0.4 is 10.6 Å². The summed E-state index contributed by atoms with van der Waals surface area (Å²) in [6.45, 7) is 13.7. The third kappa shape index (κ3) is 7.33. The predicted molar refractivity (Wildman–Crippen MR) is 106 cm³/mol. The zero-order chi connectivity index (χ0) is 18.1. The molecule has 24 heavy (non-hydrogen) atoms. The van der Waals surface area contributed by atoms with Gasteiger partial charge in [0.25, 0.3) is 0 Å². The molecule has 0 amide bonds. The highest BCUT2D eigenvalue weighted by Gasteiger charge is 2.06. The van der Waals surface area contributed by atoms with Crippen LogP contribution in [0.3, 0.4) is 0 Å². The molecule has 3 nitrogen and oxygen atoms in total. The van der Waals surface area contributed by atoms with E-state index in [4.69, 9.17) is 17.6 Å². The van der Waals surface area contributed by atoms with Crippen molar-refractivity contribution in [1.29, 1.82) is 5.41 Å². The summed E-state index contributed by atoms with van der Waals surface area (Å²) in [5, 5.41) is 13.4. The van der Waals surface area contributed by atoms with Gasteiger partial charge in [-0.1, -0.05) is 31.5 Å². The van der Waals surface area contributed by atoms with Crippen molar-refractivity contribution in [3.63, 3.8) is 0 Å². The second-order valence-corrected chi connectivity index (χ2v) is 6.31. The van der Waals surface area contributed by atoms with E-state index in [1.807, 2.05) is 13.0 Å². The van der Waals surface area contributed by atoms with Gasteiger partial charge in [-0.05, 0) is 48.9 Å². The lowest BCUT2D eigenvalue weighted by Crippen LogP contribution is -2.27. The molecule has 0 saturated carbocycles. The van der Waals surface area contributed by atoms with Gasteiger partial charge in [0.15, 0.2) is 0 Å². The molecule has 0 aliphatic heterocycles. The smallest absolute Gasteiger partial charge is 0.212 e. The number of benzene rings is 1. The lowest BCUT2D eigenvalue weighted by molar-refractivity contribution is 0.665. The molecule has 0 spiro atoms. The lowest BCUT2D eigenvalue weighted by Gasteiger charge is -2.18. The number of nitrogens with one attached hydrogen (secondary N) is 3. The fraction of sp³-hybridized carbons (Fsp3) is 0.263. The molecule has 3 N–H and O–H groups in total. The minimum atomic E-state index is -0.939. The molecular weight excluding hydrogens is 321 g/mol. The van der Waals surface area contributed by atoms with Crippen molar-refractivity contribution in [2.45, 2.75) is 32.2 Å². The van der Waals surface area contributed by atoms with Gasteiger partial charge in [-0.15, -0.1) is 6.58 Å². The summed E-state index contributed by atoms with van der Waals surface area (Å²) in [5.41, 5.74) is 2.81. The fourth-order valence-corrected chi connectivity index (χ4v) is 2.29. The van der Waals surface area contributed by atoms with Crippen LogP contribution in [0.2, 0.25) is 0 Å². The van der Waals surface area contributed by atoms with Crippen LogP contribution in [0.5, 0.6) is 0 Å². The van der Waals surface area contributed by atoms with Crippen molar-refractivity contribution in [3.05, 3.63) is 67.0 Å². The van der Waals surface area contributed by atoms with E-state index in [0.29, 0.717) is 6.42 Å². The van der Waals surface area contributed by atoms with Gasteiger partial charge in [0.05, 0.1) is 0 Å². The first-order valence-electron chi connectivity index (χ1n) is 7.67. The van der Waals surface area contributed by atoms with Crippen molar-refractivity contribution in [1.82, 2.24) is 5.32 Å². The first-order chi connectivity index (χ1) is 11.3. The molecule has 0 aliphatic carbocycles. The average Bonchev–Trinajstić information content (AvgIpc) is 2.52. The van der Waals surface area contributed by atoms with Crippen LogP contribution in [0, 0.1) is 5.41 Å². The largest absolute Gasteiger partial charge is 0.382 e. The molecule has 1 unspecified atom stereocenters. The van der Waals surface area contributed by atoms with E-state index in [2.05, 4.69) is 30.4 Å². The van der Waals surface area contributed by atoms with Gasteiger partial charge in [0.1, 0.15) is 0 Å². The molecule has 1 aromatic carbocycles. The highest BCUT2D eigenvalue weighted by molar-refractivity contribution is 7.80. The molecule has 0 bridgehead atoms. The molecule has 1 rings (SSSR count). The van der Waals surface area contributed by atoms with E-state index in [1.165, 1.54) is 0 Å². The minimum absolute atomic E-state index is 0.0970. The van der Waals surface area contributed by atoms with E-state index in [-0.39, 0.29) is 11.6 Å². The number of anilines is 1. The van der Waals surface area contributed by atoms with Gasteiger partial charge in [0.2, 0.25) is 5.97 Å². The minimum Gasteiger partial charge on any atom is -0.382 e. The Morgan fingerprint density at radius 3 is 2.33 bits per heavy atom. The zero-order valence-electron chi connectivity index (χ0n) is 14.0. The van der Waals surface area contributed by atoms with Crippen molar-refractivity contribution < 1.29 is 4.39 Å². The van der Waals surface area contributed by atoms with Crippen LogP contribution in [0.1, 0.15) is 31.7 Å². The first-order valence-corrected chi connectivity index (χ1v) is 8.08. The van der Waals surface area contributed by atoms with E-state index in [1.54, 1.807) is 24.3 Å². The van der Waals surface area contributed by atoms with Crippen LogP contribution in [0.15, 0.2) is 61.5 Å².